The van der Waals surface area contributed by atoms with E-state index in [9.17, 15) is 18.3 Å². The van der Waals surface area contributed by atoms with E-state index in [1.807, 2.05) is 12.3 Å². The molecule has 0 atom stereocenters. The van der Waals surface area contributed by atoms with Gasteiger partial charge in [-0.25, -0.2) is 4.98 Å². The Labute approximate surface area is 121 Å². The maximum Gasteiger partial charge on any atom is 0.573 e. The fourth-order valence-corrected chi connectivity index (χ4v) is 2.03. The van der Waals surface area contributed by atoms with Crippen molar-refractivity contribution >= 4 is 22.7 Å². The van der Waals surface area contributed by atoms with E-state index < -0.39 is 12.1 Å². The lowest BCUT2D eigenvalue weighted by atomic mass is 10.2. The summed E-state index contributed by atoms with van der Waals surface area (Å²) in [6, 6.07) is 3.13. The lowest BCUT2D eigenvalue weighted by molar-refractivity contribution is -0.274. The molecular weight excluding hydrogens is 307 g/mol. The number of aromatic nitrogens is 1. The highest BCUT2D eigenvalue weighted by atomic mass is 32.1. The molecule has 9 heteroatoms. The molecule has 0 aliphatic carbocycles. The van der Waals surface area contributed by atoms with Crippen LogP contribution in [0.15, 0.2) is 28.7 Å². The molecule has 2 rings (SSSR count). The molecule has 1 heterocycles. The minimum Gasteiger partial charge on any atom is -0.507 e. The van der Waals surface area contributed by atoms with Crippen molar-refractivity contribution in [3.05, 3.63) is 34.8 Å². The number of halogens is 3. The van der Waals surface area contributed by atoms with E-state index in [1.165, 1.54) is 17.6 Å². The zero-order valence-corrected chi connectivity index (χ0v) is 11.5. The van der Waals surface area contributed by atoms with E-state index in [0.717, 1.165) is 23.9 Å². The molecule has 0 bridgehead atoms. The third-order valence-corrected chi connectivity index (χ3v) is 3.08. The van der Waals surface area contributed by atoms with Gasteiger partial charge in [0.2, 0.25) is 5.13 Å². The van der Waals surface area contributed by atoms with Gasteiger partial charge in [0.25, 0.3) is 0 Å². The summed E-state index contributed by atoms with van der Waals surface area (Å²) in [5.74, 6) is -0.655. The minimum absolute atomic E-state index is 0.0810. The summed E-state index contributed by atoms with van der Waals surface area (Å²) in [4.78, 5) is 4.09. The number of thiazole rings is 1. The highest BCUT2D eigenvalue weighted by Crippen LogP contribution is 2.27. The van der Waals surface area contributed by atoms with Crippen LogP contribution < -0.4 is 10.2 Å². The van der Waals surface area contributed by atoms with Gasteiger partial charge in [0.15, 0.2) is 0 Å². The molecule has 5 nitrogen and oxygen atoms in total. The fraction of sp³-hybridized carbons (Fsp3) is 0.167. The quantitative estimate of drug-likeness (QED) is 0.669. The molecule has 2 N–H and O–H groups in total. The lowest BCUT2D eigenvalue weighted by Gasteiger charge is -2.09. The number of alkyl halides is 3. The van der Waals surface area contributed by atoms with Crippen molar-refractivity contribution in [2.45, 2.75) is 13.3 Å². The number of phenolic OH excluding ortho intramolecular Hbond substituents is 1. The van der Waals surface area contributed by atoms with Crippen LogP contribution >= 0.6 is 11.3 Å². The molecule has 112 valence electrons. The Bertz CT molecular complexity index is 655. The Balaban J connectivity index is 2.09. The van der Waals surface area contributed by atoms with Crippen LogP contribution in [-0.2, 0) is 0 Å². The van der Waals surface area contributed by atoms with Gasteiger partial charge >= 0.3 is 6.36 Å². The molecule has 0 aliphatic heterocycles. The summed E-state index contributed by atoms with van der Waals surface area (Å²) in [5, 5.41) is 15.7. The number of ether oxygens (including phenoxy) is 1. The van der Waals surface area contributed by atoms with Crippen LogP contribution in [0.5, 0.6) is 11.5 Å². The van der Waals surface area contributed by atoms with Gasteiger partial charge in [0.1, 0.15) is 11.5 Å². The van der Waals surface area contributed by atoms with E-state index in [4.69, 9.17) is 0 Å². The molecule has 0 radical (unpaired) electrons. The third kappa shape index (κ3) is 4.63. The van der Waals surface area contributed by atoms with E-state index in [1.54, 1.807) is 0 Å². The number of hydrazone groups is 1. The summed E-state index contributed by atoms with van der Waals surface area (Å²) >= 11 is 1.33. The van der Waals surface area contributed by atoms with Crippen LogP contribution in [-0.4, -0.2) is 22.7 Å². The first-order valence-electron chi connectivity index (χ1n) is 5.63. The van der Waals surface area contributed by atoms with Crippen LogP contribution in [0.25, 0.3) is 0 Å². The number of anilines is 1. The average molecular weight is 317 g/mol. The number of hydrogen-bond donors (Lipinski definition) is 2. The lowest BCUT2D eigenvalue weighted by Crippen LogP contribution is -2.17. The predicted octanol–water partition coefficient (Wildman–Crippen LogP) is 3.50. The van der Waals surface area contributed by atoms with Crippen LogP contribution in [0.3, 0.4) is 0 Å². The van der Waals surface area contributed by atoms with E-state index in [0.29, 0.717) is 5.13 Å². The predicted molar refractivity (Wildman–Crippen MR) is 72.9 cm³/mol. The first kappa shape index (κ1) is 15.1. The van der Waals surface area contributed by atoms with Crippen molar-refractivity contribution < 1.29 is 23.0 Å². The normalized spacial score (nSPS) is 11.8. The number of aromatic hydroxyl groups is 1. The molecular formula is C12H10F3N3O2S. The van der Waals surface area contributed by atoms with Gasteiger partial charge in [-0.05, 0) is 25.1 Å². The number of nitrogens with zero attached hydrogens (tertiary/aromatic N) is 2. The highest BCUT2D eigenvalue weighted by Gasteiger charge is 2.31. The Kier molecular flexibility index (Phi) is 4.32. The first-order chi connectivity index (χ1) is 9.83. The Hall–Kier alpha value is -2.29. The maximum absolute atomic E-state index is 12.1. The van der Waals surface area contributed by atoms with Gasteiger partial charge in [-0.3, -0.25) is 5.43 Å². The second-order valence-corrected chi connectivity index (χ2v) is 4.79. The number of aryl methyl sites for hydroxylation is 1. The molecule has 0 fully saturated rings. The molecule has 0 saturated carbocycles. The number of benzene rings is 1. The molecule has 1 aromatic heterocycles. The van der Waals surface area contributed by atoms with Crippen molar-refractivity contribution in [2.24, 2.45) is 5.10 Å². The van der Waals surface area contributed by atoms with Crippen LogP contribution in [0.2, 0.25) is 0 Å². The maximum atomic E-state index is 12.1. The molecule has 0 aliphatic rings. The van der Waals surface area contributed by atoms with Gasteiger partial charge in [0, 0.05) is 10.9 Å². The number of phenols is 1. The zero-order valence-electron chi connectivity index (χ0n) is 10.7. The van der Waals surface area contributed by atoms with Gasteiger partial charge in [0.05, 0.1) is 11.9 Å². The molecule has 1 aromatic carbocycles. The first-order valence-corrected chi connectivity index (χ1v) is 6.51. The second-order valence-electron chi connectivity index (χ2n) is 3.93. The van der Waals surface area contributed by atoms with Crippen molar-refractivity contribution in [2.75, 3.05) is 5.43 Å². The van der Waals surface area contributed by atoms with Crippen LogP contribution in [0.4, 0.5) is 18.3 Å². The molecule has 0 saturated heterocycles. The van der Waals surface area contributed by atoms with Crippen molar-refractivity contribution in [1.29, 1.82) is 0 Å². The van der Waals surface area contributed by atoms with Crippen LogP contribution in [0, 0.1) is 6.92 Å². The van der Waals surface area contributed by atoms with E-state index in [-0.39, 0.29) is 11.3 Å². The summed E-state index contributed by atoms with van der Waals surface area (Å²) in [6.45, 7) is 1.81. The summed E-state index contributed by atoms with van der Waals surface area (Å²) in [5.41, 5.74) is 3.51. The highest BCUT2D eigenvalue weighted by molar-refractivity contribution is 7.13. The number of rotatable bonds is 4. The zero-order chi connectivity index (χ0) is 15.5. The second kappa shape index (κ2) is 6.00. The van der Waals surface area contributed by atoms with Crippen molar-refractivity contribution in [3.63, 3.8) is 0 Å². The summed E-state index contributed by atoms with van der Waals surface area (Å²) in [7, 11) is 0. The van der Waals surface area contributed by atoms with Crippen molar-refractivity contribution in [1.82, 2.24) is 4.98 Å². The fourth-order valence-electron chi connectivity index (χ4n) is 1.40. The molecule has 0 amide bonds. The smallest absolute Gasteiger partial charge is 0.507 e. The van der Waals surface area contributed by atoms with E-state index >= 15 is 0 Å². The molecule has 0 spiro atoms. The SMILES string of the molecule is Cc1csc(NN=Cc2cc(OC(F)(F)F)ccc2O)n1. The van der Waals surface area contributed by atoms with Crippen LogP contribution in [0.1, 0.15) is 11.3 Å². The van der Waals surface area contributed by atoms with Gasteiger partial charge in [-0.15, -0.1) is 24.5 Å². The monoisotopic (exact) mass is 317 g/mol. The van der Waals surface area contributed by atoms with Gasteiger partial charge < -0.3 is 9.84 Å². The summed E-state index contributed by atoms with van der Waals surface area (Å²) in [6.07, 6.45) is -3.61. The standard InChI is InChI=1S/C12H10F3N3O2S/c1-7-6-21-11(17-7)18-16-5-8-4-9(2-3-10(8)19)20-12(13,14)15/h2-6,19H,1H3,(H,17,18). The average Bonchev–Trinajstić information content (AvgIpc) is 2.77. The largest absolute Gasteiger partial charge is 0.573 e. The number of nitrogens with one attached hydrogen (secondary N) is 1. The topological polar surface area (TPSA) is 66.7 Å². The summed E-state index contributed by atoms with van der Waals surface area (Å²) < 4.78 is 40.1. The Morgan fingerprint density at radius 2 is 2.19 bits per heavy atom. The van der Waals surface area contributed by atoms with Gasteiger partial charge in [-0.1, -0.05) is 0 Å². The van der Waals surface area contributed by atoms with Crippen molar-refractivity contribution in [3.8, 4) is 11.5 Å². The molecule has 0 unspecified atom stereocenters. The Morgan fingerprint density at radius 1 is 1.43 bits per heavy atom. The molecule has 2 aromatic rings. The van der Waals surface area contributed by atoms with Gasteiger partial charge in [-0.2, -0.15) is 5.10 Å². The minimum atomic E-state index is -4.79. The van der Waals surface area contributed by atoms with E-state index in [2.05, 4.69) is 20.2 Å². The number of hydrogen-bond acceptors (Lipinski definition) is 6. The molecule has 21 heavy (non-hydrogen) atoms. The third-order valence-electron chi connectivity index (χ3n) is 2.22. The Morgan fingerprint density at radius 3 is 2.81 bits per heavy atom.